The molecule has 0 bridgehead atoms. The SMILES string of the molecule is O=C(c1cn(C2CCNCC2)nn1)c1cccs1. The number of rotatable bonds is 3. The lowest BCUT2D eigenvalue weighted by atomic mass is 10.1. The lowest BCUT2D eigenvalue weighted by molar-refractivity contribution is 0.103. The molecule has 1 fully saturated rings. The van der Waals surface area contributed by atoms with Crippen LogP contribution in [-0.2, 0) is 0 Å². The molecule has 5 nitrogen and oxygen atoms in total. The van der Waals surface area contributed by atoms with Crippen molar-refractivity contribution in [1.29, 1.82) is 0 Å². The maximum atomic E-state index is 12.1. The average Bonchev–Trinajstić information content (AvgIpc) is 3.10. The number of hydrogen-bond donors (Lipinski definition) is 1. The lowest BCUT2D eigenvalue weighted by Gasteiger charge is -2.21. The number of carbonyl (C=O) groups excluding carboxylic acids is 1. The highest BCUT2D eigenvalue weighted by Crippen LogP contribution is 2.19. The van der Waals surface area contributed by atoms with Gasteiger partial charge in [-0.05, 0) is 37.4 Å². The van der Waals surface area contributed by atoms with E-state index in [1.807, 2.05) is 22.2 Å². The highest BCUT2D eigenvalue weighted by molar-refractivity contribution is 7.12. The van der Waals surface area contributed by atoms with Gasteiger partial charge in [0.05, 0.1) is 17.1 Å². The van der Waals surface area contributed by atoms with E-state index in [1.165, 1.54) is 11.3 Å². The summed E-state index contributed by atoms with van der Waals surface area (Å²) in [6.07, 6.45) is 3.85. The molecule has 0 atom stereocenters. The van der Waals surface area contributed by atoms with E-state index in [0.717, 1.165) is 25.9 Å². The monoisotopic (exact) mass is 262 g/mol. The highest BCUT2D eigenvalue weighted by atomic mass is 32.1. The van der Waals surface area contributed by atoms with Crippen LogP contribution in [0.3, 0.4) is 0 Å². The van der Waals surface area contributed by atoms with Crippen molar-refractivity contribution >= 4 is 17.1 Å². The molecule has 1 N–H and O–H groups in total. The molecule has 18 heavy (non-hydrogen) atoms. The summed E-state index contributed by atoms with van der Waals surface area (Å²) >= 11 is 1.43. The number of nitrogens with one attached hydrogen (secondary N) is 1. The van der Waals surface area contributed by atoms with Gasteiger partial charge >= 0.3 is 0 Å². The first-order valence-corrected chi connectivity index (χ1v) is 6.93. The molecule has 0 spiro atoms. The van der Waals surface area contributed by atoms with Gasteiger partial charge in [-0.2, -0.15) is 0 Å². The maximum Gasteiger partial charge on any atom is 0.224 e. The molecule has 0 saturated carbocycles. The normalized spacial score (nSPS) is 16.9. The summed E-state index contributed by atoms with van der Waals surface area (Å²) in [4.78, 5) is 12.8. The van der Waals surface area contributed by atoms with Gasteiger partial charge in [0.1, 0.15) is 0 Å². The van der Waals surface area contributed by atoms with Crippen LogP contribution in [0.2, 0.25) is 0 Å². The van der Waals surface area contributed by atoms with Crippen LogP contribution in [0.4, 0.5) is 0 Å². The summed E-state index contributed by atoms with van der Waals surface area (Å²) in [7, 11) is 0. The minimum atomic E-state index is -0.0369. The average molecular weight is 262 g/mol. The topological polar surface area (TPSA) is 59.8 Å². The standard InChI is InChI=1S/C12H14N4OS/c17-12(11-2-1-7-18-11)10-8-16(15-14-10)9-3-5-13-6-4-9/h1-2,7-9,13H,3-6H2. The van der Waals surface area contributed by atoms with Crippen molar-refractivity contribution < 1.29 is 4.79 Å². The van der Waals surface area contributed by atoms with Gasteiger partial charge in [-0.25, -0.2) is 4.68 Å². The van der Waals surface area contributed by atoms with Crippen molar-refractivity contribution in [2.24, 2.45) is 0 Å². The largest absolute Gasteiger partial charge is 0.317 e. The summed E-state index contributed by atoms with van der Waals surface area (Å²) in [5.41, 5.74) is 0.441. The van der Waals surface area contributed by atoms with Crippen LogP contribution < -0.4 is 5.32 Å². The zero-order valence-electron chi connectivity index (χ0n) is 9.87. The van der Waals surface area contributed by atoms with Crippen LogP contribution in [0, 0.1) is 0 Å². The van der Waals surface area contributed by atoms with Crippen LogP contribution in [-0.4, -0.2) is 33.9 Å². The molecular formula is C12H14N4OS. The predicted octanol–water partition coefficient (Wildman–Crippen LogP) is 1.50. The summed E-state index contributed by atoms with van der Waals surface area (Å²) in [6.45, 7) is 2.00. The molecule has 1 aliphatic heterocycles. The summed E-state index contributed by atoms with van der Waals surface area (Å²) in [6, 6.07) is 4.05. The van der Waals surface area contributed by atoms with E-state index in [4.69, 9.17) is 0 Å². The van der Waals surface area contributed by atoms with Gasteiger partial charge in [0, 0.05) is 0 Å². The molecule has 0 aliphatic carbocycles. The van der Waals surface area contributed by atoms with Crippen LogP contribution >= 0.6 is 11.3 Å². The second-order valence-electron chi connectivity index (χ2n) is 4.37. The third-order valence-electron chi connectivity index (χ3n) is 3.17. The minimum Gasteiger partial charge on any atom is -0.317 e. The fraction of sp³-hybridized carbons (Fsp3) is 0.417. The third kappa shape index (κ3) is 2.21. The fourth-order valence-corrected chi connectivity index (χ4v) is 2.84. The van der Waals surface area contributed by atoms with E-state index in [9.17, 15) is 4.79 Å². The first-order valence-electron chi connectivity index (χ1n) is 6.05. The molecular weight excluding hydrogens is 248 g/mol. The molecule has 3 heterocycles. The molecule has 0 unspecified atom stereocenters. The summed E-state index contributed by atoms with van der Waals surface area (Å²) in [5, 5.41) is 13.3. The Hall–Kier alpha value is -1.53. The number of nitrogens with zero attached hydrogens (tertiary/aromatic N) is 3. The van der Waals surface area contributed by atoms with Crippen molar-refractivity contribution in [3.05, 3.63) is 34.3 Å². The lowest BCUT2D eigenvalue weighted by Crippen LogP contribution is -2.29. The molecule has 0 amide bonds. The zero-order chi connectivity index (χ0) is 12.4. The molecule has 2 aromatic heterocycles. The van der Waals surface area contributed by atoms with Crippen molar-refractivity contribution in [2.45, 2.75) is 18.9 Å². The molecule has 1 aliphatic rings. The van der Waals surface area contributed by atoms with Gasteiger partial charge < -0.3 is 5.32 Å². The maximum absolute atomic E-state index is 12.1. The fourth-order valence-electron chi connectivity index (χ4n) is 2.16. The van der Waals surface area contributed by atoms with Crippen LogP contribution in [0.15, 0.2) is 23.7 Å². The first-order chi connectivity index (χ1) is 8.84. The Bertz CT molecular complexity index is 528. The van der Waals surface area contributed by atoms with Crippen molar-refractivity contribution in [2.75, 3.05) is 13.1 Å². The molecule has 6 heteroatoms. The predicted molar refractivity (Wildman–Crippen MR) is 68.9 cm³/mol. The smallest absolute Gasteiger partial charge is 0.224 e. The van der Waals surface area contributed by atoms with E-state index in [2.05, 4.69) is 15.6 Å². The highest BCUT2D eigenvalue weighted by Gasteiger charge is 2.19. The number of aromatic nitrogens is 3. The molecule has 3 rings (SSSR count). The zero-order valence-corrected chi connectivity index (χ0v) is 10.7. The quantitative estimate of drug-likeness (QED) is 0.851. The van der Waals surface area contributed by atoms with Crippen LogP contribution in [0.25, 0.3) is 0 Å². The van der Waals surface area contributed by atoms with Crippen molar-refractivity contribution in [3.63, 3.8) is 0 Å². The van der Waals surface area contributed by atoms with Crippen LogP contribution in [0.1, 0.15) is 34.2 Å². The first kappa shape index (κ1) is 11.6. The Morgan fingerprint density at radius 2 is 2.28 bits per heavy atom. The number of hydrogen-bond acceptors (Lipinski definition) is 5. The number of carbonyl (C=O) groups is 1. The van der Waals surface area contributed by atoms with Crippen molar-refractivity contribution in [3.8, 4) is 0 Å². The second-order valence-corrected chi connectivity index (χ2v) is 5.32. The molecule has 0 aromatic carbocycles. The number of piperidine rings is 1. The van der Waals surface area contributed by atoms with E-state index >= 15 is 0 Å². The molecule has 0 radical (unpaired) electrons. The van der Waals surface area contributed by atoms with Crippen LogP contribution in [0.5, 0.6) is 0 Å². The third-order valence-corrected chi connectivity index (χ3v) is 4.04. The molecule has 1 saturated heterocycles. The number of thiophene rings is 1. The Labute approximate surface area is 109 Å². The Balaban J connectivity index is 1.78. The minimum absolute atomic E-state index is 0.0369. The van der Waals surface area contributed by atoms with Gasteiger partial charge in [0.25, 0.3) is 0 Å². The molecule has 2 aromatic rings. The van der Waals surface area contributed by atoms with Crippen molar-refractivity contribution in [1.82, 2.24) is 20.3 Å². The van der Waals surface area contributed by atoms with E-state index in [1.54, 1.807) is 6.20 Å². The molecule has 94 valence electrons. The summed E-state index contributed by atoms with van der Waals surface area (Å²) in [5.74, 6) is -0.0369. The van der Waals surface area contributed by atoms with E-state index in [-0.39, 0.29) is 5.78 Å². The Morgan fingerprint density at radius 1 is 1.44 bits per heavy atom. The Kier molecular flexibility index (Phi) is 3.21. The second kappa shape index (κ2) is 4.99. The Morgan fingerprint density at radius 3 is 3.00 bits per heavy atom. The summed E-state index contributed by atoms with van der Waals surface area (Å²) < 4.78 is 1.84. The van der Waals surface area contributed by atoms with Gasteiger partial charge in [0.2, 0.25) is 5.78 Å². The van der Waals surface area contributed by atoms with E-state index < -0.39 is 0 Å². The van der Waals surface area contributed by atoms with Gasteiger partial charge in [-0.1, -0.05) is 11.3 Å². The van der Waals surface area contributed by atoms with Gasteiger partial charge in [-0.3, -0.25) is 4.79 Å². The van der Waals surface area contributed by atoms with Gasteiger partial charge in [0.15, 0.2) is 5.69 Å². The van der Waals surface area contributed by atoms with E-state index in [0.29, 0.717) is 16.6 Å². The van der Waals surface area contributed by atoms with Gasteiger partial charge in [-0.15, -0.1) is 16.4 Å². The number of ketones is 1.